The van der Waals surface area contributed by atoms with E-state index in [1.165, 1.54) is 0 Å². The van der Waals surface area contributed by atoms with Gasteiger partial charge in [0.2, 0.25) is 15.9 Å². The number of hydrogen-bond acceptors (Lipinski definition) is 5. The van der Waals surface area contributed by atoms with Crippen LogP contribution in [0.5, 0.6) is 5.75 Å². The molecule has 0 unspecified atom stereocenters. The van der Waals surface area contributed by atoms with E-state index in [4.69, 9.17) is 0 Å². The molecule has 7 nitrogen and oxygen atoms in total. The van der Waals surface area contributed by atoms with Gasteiger partial charge in [-0.3, -0.25) is 4.79 Å². The van der Waals surface area contributed by atoms with Gasteiger partial charge in [-0.2, -0.15) is 0 Å². The molecule has 0 spiro atoms. The van der Waals surface area contributed by atoms with Crippen LogP contribution in [0.3, 0.4) is 0 Å². The third-order valence-corrected chi connectivity index (χ3v) is 5.74. The fraction of sp³-hybridized carbons (Fsp3) is 0.562. The first-order valence-electron chi connectivity index (χ1n) is 8.29. The van der Waals surface area contributed by atoms with Crippen LogP contribution >= 0.6 is 0 Å². The molecule has 0 bridgehead atoms. The van der Waals surface area contributed by atoms with Gasteiger partial charge < -0.3 is 14.7 Å². The minimum Gasteiger partial charge on any atom is -0.406 e. The molecule has 1 heterocycles. The van der Waals surface area contributed by atoms with Gasteiger partial charge in [-0.15, -0.1) is 13.2 Å². The van der Waals surface area contributed by atoms with Crippen LogP contribution in [0.4, 0.5) is 13.2 Å². The Labute approximate surface area is 155 Å². The number of aliphatic hydroxyl groups excluding tert-OH is 1. The van der Waals surface area contributed by atoms with Crippen molar-refractivity contribution in [3.63, 3.8) is 0 Å². The van der Waals surface area contributed by atoms with Crippen LogP contribution in [-0.4, -0.2) is 56.4 Å². The number of halogens is 3. The Morgan fingerprint density at radius 3 is 2.52 bits per heavy atom. The van der Waals surface area contributed by atoms with E-state index in [2.05, 4.69) is 9.46 Å². The zero-order valence-electron chi connectivity index (χ0n) is 14.6. The summed E-state index contributed by atoms with van der Waals surface area (Å²) in [7, 11) is -3.96. The van der Waals surface area contributed by atoms with Crippen molar-refractivity contribution in [3.8, 4) is 5.75 Å². The van der Waals surface area contributed by atoms with Crippen molar-refractivity contribution in [3.05, 3.63) is 24.3 Å². The van der Waals surface area contributed by atoms with Gasteiger partial charge in [-0.25, -0.2) is 13.1 Å². The summed E-state index contributed by atoms with van der Waals surface area (Å²) in [5, 5.41) is 9.54. The van der Waals surface area contributed by atoms with Gasteiger partial charge in [0.25, 0.3) is 0 Å². The van der Waals surface area contributed by atoms with E-state index in [-0.39, 0.29) is 29.7 Å². The maximum absolute atomic E-state index is 12.1. The molecule has 0 saturated carbocycles. The highest BCUT2D eigenvalue weighted by Gasteiger charge is 2.31. The predicted octanol–water partition coefficient (Wildman–Crippen LogP) is 1.48. The molecule has 2 rings (SSSR count). The Kier molecular flexibility index (Phi) is 6.71. The van der Waals surface area contributed by atoms with E-state index >= 15 is 0 Å². The number of amides is 1. The number of alkyl halides is 3. The molecule has 27 heavy (non-hydrogen) atoms. The summed E-state index contributed by atoms with van der Waals surface area (Å²) < 4.78 is 66.5. The lowest BCUT2D eigenvalue weighted by Gasteiger charge is -2.18. The molecule has 2 atom stereocenters. The van der Waals surface area contributed by atoms with Gasteiger partial charge in [0.1, 0.15) is 5.75 Å². The van der Waals surface area contributed by atoms with Crippen molar-refractivity contribution in [2.45, 2.75) is 37.1 Å². The highest BCUT2D eigenvalue weighted by atomic mass is 32.2. The lowest BCUT2D eigenvalue weighted by Crippen LogP contribution is -2.34. The van der Waals surface area contributed by atoms with Crippen molar-refractivity contribution in [2.24, 2.45) is 5.92 Å². The molecule has 11 heteroatoms. The van der Waals surface area contributed by atoms with E-state index in [9.17, 15) is 31.5 Å². The smallest absolute Gasteiger partial charge is 0.406 e. The van der Waals surface area contributed by atoms with Crippen molar-refractivity contribution >= 4 is 15.9 Å². The number of carbonyl (C=O) groups is 1. The van der Waals surface area contributed by atoms with Gasteiger partial charge in [0, 0.05) is 32.0 Å². The molecule has 0 radical (unpaired) electrons. The summed E-state index contributed by atoms with van der Waals surface area (Å²) in [6.07, 6.45) is -4.73. The van der Waals surface area contributed by atoms with Gasteiger partial charge in [0.05, 0.1) is 11.0 Å². The highest BCUT2D eigenvalue weighted by molar-refractivity contribution is 7.89. The summed E-state index contributed by atoms with van der Waals surface area (Å²) in [5.41, 5.74) is 0. The molecule has 1 aliphatic heterocycles. The number of aliphatic hydroxyl groups is 1. The number of rotatable bonds is 7. The standard InChI is InChI=1S/C16H21F3N2O5S/c1-11(22)12-7-9-21(10-12)15(23)6-8-20-27(24,25)14-4-2-13(3-5-14)26-16(17,18)19/h2-5,11-12,20,22H,6-10H2,1H3/t11-,12+/m0/s1. The fourth-order valence-electron chi connectivity index (χ4n) is 2.76. The maximum atomic E-state index is 12.1. The summed E-state index contributed by atoms with van der Waals surface area (Å²) in [5.74, 6) is -0.740. The largest absolute Gasteiger partial charge is 0.573 e. The average molecular weight is 410 g/mol. The SMILES string of the molecule is C[C@H](O)[C@@H]1CCN(C(=O)CCNS(=O)(=O)c2ccc(OC(F)(F)F)cc2)C1. The monoisotopic (exact) mass is 410 g/mol. The van der Waals surface area contributed by atoms with Crippen molar-refractivity contribution in [1.82, 2.24) is 9.62 Å². The summed E-state index contributed by atoms with van der Waals surface area (Å²) in [6, 6.07) is 3.76. The maximum Gasteiger partial charge on any atom is 0.573 e. The highest BCUT2D eigenvalue weighted by Crippen LogP contribution is 2.24. The molecule has 1 aliphatic rings. The molecule has 2 N–H and O–H groups in total. The van der Waals surface area contributed by atoms with Gasteiger partial charge >= 0.3 is 6.36 Å². The minimum atomic E-state index is -4.86. The first-order valence-corrected chi connectivity index (χ1v) is 9.77. The number of nitrogens with one attached hydrogen (secondary N) is 1. The normalized spacial score (nSPS) is 19.1. The van der Waals surface area contributed by atoms with E-state index in [0.717, 1.165) is 24.3 Å². The quantitative estimate of drug-likeness (QED) is 0.710. The molecule has 0 aliphatic carbocycles. The Balaban J connectivity index is 1.85. The lowest BCUT2D eigenvalue weighted by atomic mass is 10.0. The molecule has 1 fully saturated rings. The van der Waals surface area contributed by atoms with Crippen LogP contribution in [0.1, 0.15) is 19.8 Å². The summed E-state index contributed by atoms with van der Waals surface area (Å²) in [4.78, 5) is 13.4. The predicted molar refractivity (Wildman–Crippen MR) is 89.3 cm³/mol. The third kappa shape index (κ3) is 6.36. The Morgan fingerprint density at radius 2 is 2.00 bits per heavy atom. The molecular formula is C16H21F3N2O5S. The van der Waals surface area contributed by atoms with Crippen LogP contribution in [0.2, 0.25) is 0 Å². The van der Waals surface area contributed by atoms with Crippen LogP contribution in [0.15, 0.2) is 29.2 Å². The molecule has 1 aromatic carbocycles. The van der Waals surface area contributed by atoms with Crippen molar-refractivity contribution in [1.29, 1.82) is 0 Å². The molecular weight excluding hydrogens is 389 g/mol. The van der Waals surface area contributed by atoms with Gasteiger partial charge in [-0.05, 0) is 37.6 Å². The van der Waals surface area contributed by atoms with Crippen LogP contribution < -0.4 is 9.46 Å². The number of hydrogen-bond donors (Lipinski definition) is 2. The summed E-state index contributed by atoms with van der Waals surface area (Å²) in [6.45, 7) is 2.47. The van der Waals surface area contributed by atoms with Crippen molar-refractivity contribution in [2.75, 3.05) is 19.6 Å². The first-order chi connectivity index (χ1) is 12.5. The average Bonchev–Trinajstić information content (AvgIpc) is 3.04. The number of nitrogens with zero attached hydrogens (tertiary/aromatic N) is 1. The number of likely N-dealkylation sites (tertiary alicyclic amines) is 1. The fourth-order valence-corrected chi connectivity index (χ4v) is 3.79. The molecule has 152 valence electrons. The van der Waals surface area contributed by atoms with E-state index in [0.29, 0.717) is 19.5 Å². The van der Waals surface area contributed by atoms with Crippen LogP contribution in [0, 0.1) is 5.92 Å². The number of carbonyl (C=O) groups excluding carboxylic acids is 1. The summed E-state index contributed by atoms with van der Waals surface area (Å²) >= 11 is 0. The number of ether oxygens (including phenoxy) is 1. The molecule has 1 saturated heterocycles. The lowest BCUT2D eigenvalue weighted by molar-refractivity contribution is -0.274. The van der Waals surface area contributed by atoms with Gasteiger partial charge in [0.15, 0.2) is 0 Å². The van der Waals surface area contributed by atoms with Crippen LogP contribution in [-0.2, 0) is 14.8 Å². The molecule has 0 aromatic heterocycles. The first kappa shape index (κ1) is 21.5. The second-order valence-corrected chi connectivity index (χ2v) is 8.06. The Hall–Kier alpha value is -1.85. The third-order valence-electron chi connectivity index (χ3n) is 4.26. The Bertz CT molecular complexity index is 750. The van der Waals surface area contributed by atoms with Gasteiger partial charge in [-0.1, -0.05) is 0 Å². The molecule has 1 aromatic rings. The van der Waals surface area contributed by atoms with E-state index in [1.807, 2.05) is 0 Å². The zero-order chi connectivity index (χ0) is 20.2. The molecule has 1 amide bonds. The van der Waals surface area contributed by atoms with E-state index in [1.54, 1.807) is 11.8 Å². The second-order valence-electron chi connectivity index (χ2n) is 6.30. The number of benzene rings is 1. The Morgan fingerprint density at radius 1 is 1.37 bits per heavy atom. The van der Waals surface area contributed by atoms with Crippen molar-refractivity contribution < 1.29 is 36.2 Å². The second kappa shape index (κ2) is 8.44. The minimum absolute atomic E-state index is 0.0167. The van der Waals surface area contributed by atoms with Crippen LogP contribution in [0.25, 0.3) is 0 Å². The number of sulfonamides is 1. The zero-order valence-corrected chi connectivity index (χ0v) is 15.4. The van der Waals surface area contributed by atoms with E-state index < -0.39 is 28.2 Å². The topological polar surface area (TPSA) is 95.9 Å².